The van der Waals surface area contributed by atoms with Crippen molar-refractivity contribution in [2.45, 2.75) is 20.3 Å². The third-order valence-corrected chi connectivity index (χ3v) is 2.80. The molecule has 18 heavy (non-hydrogen) atoms. The molecule has 104 valence electrons. The molecule has 0 fully saturated rings. The Kier molecular flexibility index (Phi) is 7.61. The minimum atomic E-state index is -1.24. The first-order valence-electron chi connectivity index (χ1n) is 5.70. The van der Waals surface area contributed by atoms with Crippen molar-refractivity contribution >= 4 is 30.4 Å². The Morgan fingerprint density at radius 1 is 1.33 bits per heavy atom. The van der Waals surface area contributed by atoms with Crippen molar-refractivity contribution in [1.82, 2.24) is 4.90 Å². The van der Waals surface area contributed by atoms with Crippen LogP contribution >= 0.6 is 12.6 Å². The van der Waals surface area contributed by atoms with Crippen LogP contribution in [0.1, 0.15) is 20.3 Å². The predicted molar refractivity (Wildman–Crippen MR) is 70.2 cm³/mol. The fourth-order valence-corrected chi connectivity index (χ4v) is 1.88. The van der Waals surface area contributed by atoms with Gasteiger partial charge in [-0.2, -0.15) is 12.6 Å². The average Bonchev–Trinajstić information content (AvgIpc) is 2.30. The highest BCUT2D eigenvalue weighted by Crippen LogP contribution is 2.16. The number of hydrogen-bond acceptors (Lipinski definition) is 5. The largest absolute Gasteiger partial charge is 0.480 e. The number of hydrogen-bond donors (Lipinski definition) is 3. The molecule has 0 saturated carbocycles. The van der Waals surface area contributed by atoms with Crippen molar-refractivity contribution in [1.29, 1.82) is 0 Å². The number of nitrogens with two attached hydrogens (primary N) is 1. The third kappa shape index (κ3) is 5.50. The summed E-state index contributed by atoms with van der Waals surface area (Å²) in [5.41, 5.74) is 5.17. The molecule has 0 rings (SSSR count). The van der Waals surface area contributed by atoms with Gasteiger partial charge in [0, 0.05) is 11.7 Å². The SMILES string of the molecule is CC(C)CC(CS)C(=O)N(CC(=O)O)C(=O)CN. The van der Waals surface area contributed by atoms with Crippen molar-refractivity contribution in [3.05, 3.63) is 0 Å². The predicted octanol–water partition coefficient (Wildman–Crippen LogP) is -0.0230. The topological polar surface area (TPSA) is 101 Å². The normalized spacial score (nSPS) is 12.3. The first kappa shape index (κ1) is 16.9. The molecule has 0 aliphatic heterocycles. The van der Waals surface area contributed by atoms with Gasteiger partial charge in [-0.1, -0.05) is 13.8 Å². The first-order valence-corrected chi connectivity index (χ1v) is 6.33. The summed E-state index contributed by atoms with van der Waals surface area (Å²) in [5, 5.41) is 8.71. The maximum atomic E-state index is 12.1. The van der Waals surface area contributed by atoms with Gasteiger partial charge in [-0.25, -0.2) is 0 Å². The Labute approximate surface area is 112 Å². The zero-order valence-corrected chi connectivity index (χ0v) is 11.5. The molecule has 0 heterocycles. The van der Waals surface area contributed by atoms with Crippen LogP contribution in [0.2, 0.25) is 0 Å². The van der Waals surface area contributed by atoms with Crippen LogP contribution in [0.4, 0.5) is 0 Å². The number of imide groups is 1. The molecular formula is C11H20N2O4S. The molecule has 0 aliphatic rings. The van der Waals surface area contributed by atoms with Gasteiger partial charge in [0.2, 0.25) is 11.8 Å². The van der Waals surface area contributed by atoms with Gasteiger partial charge in [0.05, 0.1) is 6.54 Å². The summed E-state index contributed by atoms with van der Waals surface area (Å²) in [6.07, 6.45) is 0.552. The van der Waals surface area contributed by atoms with E-state index in [1.165, 1.54) is 0 Å². The minimum absolute atomic E-state index is 0.255. The van der Waals surface area contributed by atoms with Gasteiger partial charge in [-0.3, -0.25) is 19.3 Å². The molecule has 0 spiro atoms. The van der Waals surface area contributed by atoms with Crippen LogP contribution in [0.15, 0.2) is 0 Å². The maximum Gasteiger partial charge on any atom is 0.323 e. The number of amides is 2. The van der Waals surface area contributed by atoms with Gasteiger partial charge in [-0.15, -0.1) is 0 Å². The number of carboxylic acids is 1. The van der Waals surface area contributed by atoms with Gasteiger partial charge < -0.3 is 10.8 Å². The number of rotatable bonds is 7. The smallest absolute Gasteiger partial charge is 0.323 e. The van der Waals surface area contributed by atoms with Crippen molar-refractivity contribution in [3.8, 4) is 0 Å². The van der Waals surface area contributed by atoms with E-state index in [0.717, 1.165) is 0 Å². The molecular weight excluding hydrogens is 256 g/mol. The molecule has 0 saturated heterocycles. The second-order valence-electron chi connectivity index (χ2n) is 4.43. The first-order chi connectivity index (χ1) is 8.33. The summed E-state index contributed by atoms with van der Waals surface area (Å²) in [6.45, 7) is 2.84. The van der Waals surface area contributed by atoms with Gasteiger partial charge in [0.25, 0.3) is 0 Å². The number of nitrogens with zero attached hydrogens (tertiary/aromatic N) is 1. The third-order valence-electron chi connectivity index (χ3n) is 2.36. The number of carbonyl (C=O) groups excluding carboxylic acids is 2. The molecule has 0 radical (unpaired) electrons. The fraction of sp³-hybridized carbons (Fsp3) is 0.727. The van der Waals surface area contributed by atoms with Crippen LogP contribution < -0.4 is 5.73 Å². The standard InChI is InChI=1S/C11H20N2O4S/c1-7(2)3-8(6-18)11(17)13(5-10(15)16)9(14)4-12/h7-8,18H,3-6,12H2,1-2H3,(H,15,16). The number of carbonyl (C=O) groups is 3. The number of carboxylic acid groups (broad SMARTS) is 1. The van der Waals surface area contributed by atoms with E-state index in [-0.39, 0.29) is 18.2 Å². The van der Waals surface area contributed by atoms with Crippen LogP contribution in [0.3, 0.4) is 0 Å². The summed E-state index contributed by atoms with van der Waals surface area (Å²) in [6, 6.07) is 0. The van der Waals surface area contributed by atoms with E-state index in [4.69, 9.17) is 10.8 Å². The summed E-state index contributed by atoms with van der Waals surface area (Å²) in [4.78, 5) is 34.9. The quantitative estimate of drug-likeness (QED) is 0.567. The lowest BCUT2D eigenvalue weighted by atomic mass is 9.97. The van der Waals surface area contributed by atoms with E-state index in [1.54, 1.807) is 0 Å². The molecule has 1 unspecified atom stereocenters. The summed E-state index contributed by atoms with van der Waals surface area (Å²) >= 11 is 4.08. The van der Waals surface area contributed by atoms with E-state index in [2.05, 4.69) is 12.6 Å². The van der Waals surface area contributed by atoms with Crippen LogP contribution in [0, 0.1) is 11.8 Å². The molecule has 3 N–H and O–H groups in total. The highest BCUT2D eigenvalue weighted by atomic mass is 32.1. The summed E-state index contributed by atoms with van der Waals surface area (Å²) in [7, 11) is 0. The molecule has 1 atom stereocenters. The van der Waals surface area contributed by atoms with Crippen molar-refractivity contribution in [2.24, 2.45) is 17.6 Å². The van der Waals surface area contributed by atoms with Crippen molar-refractivity contribution in [3.63, 3.8) is 0 Å². The van der Waals surface area contributed by atoms with E-state index in [1.807, 2.05) is 13.8 Å². The van der Waals surface area contributed by atoms with Gasteiger partial charge in [-0.05, 0) is 12.3 Å². The minimum Gasteiger partial charge on any atom is -0.480 e. The van der Waals surface area contributed by atoms with Crippen LogP contribution in [-0.4, -0.2) is 46.6 Å². The zero-order valence-electron chi connectivity index (χ0n) is 10.6. The van der Waals surface area contributed by atoms with Crippen molar-refractivity contribution in [2.75, 3.05) is 18.8 Å². The van der Waals surface area contributed by atoms with E-state index >= 15 is 0 Å². The molecule has 0 aliphatic carbocycles. The lowest BCUT2D eigenvalue weighted by Crippen LogP contribution is -2.47. The van der Waals surface area contributed by atoms with Crippen LogP contribution in [0.5, 0.6) is 0 Å². The summed E-state index contributed by atoms with van der Waals surface area (Å²) < 4.78 is 0. The Hall–Kier alpha value is -1.08. The molecule has 0 aromatic heterocycles. The van der Waals surface area contributed by atoms with Gasteiger partial charge >= 0.3 is 5.97 Å². The Morgan fingerprint density at radius 2 is 1.89 bits per heavy atom. The molecule has 2 amide bonds. The molecule has 0 aromatic rings. The Bertz CT molecular complexity index is 320. The van der Waals surface area contributed by atoms with E-state index in [9.17, 15) is 14.4 Å². The van der Waals surface area contributed by atoms with Crippen LogP contribution in [0.25, 0.3) is 0 Å². The van der Waals surface area contributed by atoms with Gasteiger partial charge in [0.15, 0.2) is 0 Å². The molecule has 0 bridgehead atoms. The maximum absolute atomic E-state index is 12.1. The Morgan fingerprint density at radius 3 is 2.22 bits per heavy atom. The lowest BCUT2D eigenvalue weighted by Gasteiger charge is -2.24. The highest BCUT2D eigenvalue weighted by molar-refractivity contribution is 7.80. The molecule has 6 nitrogen and oxygen atoms in total. The Balaban J connectivity index is 4.91. The van der Waals surface area contributed by atoms with E-state index in [0.29, 0.717) is 11.3 Å². The number of aliphatic carboxylic acids is 1. The molecule has 7 heteroatoms. The number of thiol groups is 1. The second-order valence-corrected chi connectivity index (χ2v) is 4.79. The molecule has 0 aromatic carbocycles. The monoisotopic (exact) mass is 276 g/mol. The zero-order chi connectivity index (χ0) is 14.3. The summed E-state index contributed by atoms with van der Waals surface area (Å²) in [5.74, 6) is -2.39. The van der Waals surface area contributed by atoms with Gasteiger partial charge in [0.1, 0.15) is 6.54 Å². The highest BCUT2D eigenvalue weighted by Gasteiger charge is 2.29. The second kappa shape index (κ2) is 8.10. The lowest BCUT2D eigenvalue weighted by molar-refractivity contribution is -0.153. The van der Waals surface area contributed by atoms with E-state index < -0.39 is 30.2 Å². The van der Waals surface area contributed by atoms with Crippen molar-refractivity contribution < 1.29 is 19.5 Å². The average molecular weight is 276 g/mol. The fourth-order valence-electron chi connectivity index (χ4n) is 1.58. The van der Waals surface area contributed by atoms with Crippen LogP contribution in [-0.2, 0) is 14.4 Å².